The van der Waals surface area contributed by atoms with E-state index in [1.54, 1.807) is 5.32 Å². The number of carbonyl (C=O) groups is 2. The second-order valence-electron chi connectivity index (χ2n) is 4.51. The molecule has 0 aliphatic heterocycles. The van der Waals surface area contributed by atoms with E-state index in [1.807, 2.05) is 0 Å². The van der Waals surface area contributed by atoms with Crippen LogP contribution in [0.3, 0.4) is 0 Å². The van der Waals surface area contributed by atoms with E-state index in [-0.39, 0.29) is 17.1 Å². The molecule has 0 saturated carbocycles. The van der Waals surface area contributed by atoms with Crippen LogP contribution in [-0.2, 0) is 4.79 Å². The molecule has 0 heterocycles. The number of amides is 1. The normalized spacial score (nSPS) is 12.5. The number of hydrogen-bond acceptors (Lipinski definition) is 4. The Bertz CT molecular complexity index is 558. The van der Waals surface area contributed by atoms with Gasteiger partial charge in [-0.15, -0.1) is 0 Å². The molecular formula is C14H16F3NO4. The van der Waals surface area contributed by atoms with Gasteiger partial charge in [0.1, 0.15) is 18.0 Å². The maximum absolute atomic E-state index is 12.1. The van der Waals surface area contributed by atoms with Gasteiger partial charge in [-0.05, 0) is 26.0 Å². The first-order valence-corrected chi connectivity index (χ1v) is 6.34. The second-order valence-corrected chi connectivity index (χ2v) is 4.51. The summed E-state index contributed by atoms with van der Waals surface area (Å²) in [5.74, 6) is -0.778. The highest BCUT2D eigenvalue weighted by atomic mass is 19.4. The molecule has 122 valence electrons. The average molecular weight is 319 g/mol. The predicted octanol–water partition coefficient (Wildman–Crippen LogP) is 2.34. The van der Waals surface area contributed by atoms with E-state index in [1.165, 1.54) is 39.2 Å². The summed E-state index contributed by atoms with van der Waals surface area (Å²) in [4.78, 5) is 23.1. The molecule has 1 N–H and O–H groups in total. The third-order valence-corrected chi connectivity index (χ3v) is 2.70. The van der Waals surface area contributed by atoms with Gasteiger partial charge < -0.3 is 14.8 Å². The smallest absolute Gasteiger partial charge is 0.405 e. The minimum absolute atomic E-state index is 0.0708. The van der Waals surface area contributed by atoms with Crippen LogP contribution in [0.15, 0.2) is 18.2 Å². The van der Waals surface area contributed by atoms with Crippen LogP contribution in [0.25, 0.3) is 0 Å². The Labute approximate surface area is 125 Å². The lowest BCUT2D eigenvalue weighted by Crippen LogP contribution is -2.41. The van der Waals surface area contributed by atoms with Crippen molar-refractivity contribution in [1.29, 1.82) is 0 Å². The van der Waals surface area contributed by atoms with Crippen LogP contribution < -0.4 is 14.8 Å². The first-order chi connectivity index (χ1) is 10.1. The molecule has 0 unspecified atom stereocenters. The fourth-order valence-electron chi connectivity index (χ4n) is 1.59. The molecule has 5 nitrogen and oxygen atoms in total. The highest BCUT2D eigenvalue weighted by Gasteiger charge is 2.29. The molecule has 22 heavy (non-hydrogen) atoms. The molecule has 0 aromatic heterocycles. The first kappa shape index (κ1) is 17.8. The van der Waals surface area contributed by atoms with Gasteiger partial charge in [-0.3, -0.25) is 9.59 Å². The quantitative estimate of drug-likeness (QED) is 0.818. The van der Waals surface area contributed by atoms with Gasteiger partial charge in [0.2, 0.25) is 0 Å². The summed E-state index contributed by atoms with van der Waals surface area (Å²) >= 11 is 0. The van der Waals surface area contributed by atoms with Crippen LogP contribution in [0.4, 0.5) is 13.2 Å². The van der Waals surface area contributed by atoms with Gasteiger partial charge >= 0.3 is 6.18 Å². The molecule has 8 heteroatoms. The lowest BCUT2D eigenvalue weighted by Gasteiger charge is -2.17. The number of methoxy groups -OCH3 is 1. The van der Waals surface area contributed by atoms with Gasteiger partial charge in [0.05, 0.1) is 12.7 Å². The Kier molecular flexibility index (Phi) is 5.78. The lowest BCUT2D eigenvalue weighted by molar-refractivity contribution is -0.142. The summed E-state index contributed by atoms with van der Waals surface area (Å²) in [7, 11) is 1.41. The molecule has 0 radical (unpaired) electrons. The zero-order chi connectivity index (χ0) is 16.9. The van der Waals surface area contributed by atoms with Crippen molar-refractivity contribution in [2.45, 2.75) is 26.1 Å². The molecule has 1 amide bonds. The van der Waals surface area contributed by atoms with Crippen LogP contribution in [-0.4, -0.2) is 37.6 Å². The number of benzene rings is 1. The number of carbonyl (C=O) groups excluding carboxylic acids is 2. The zero-order valence-corrected chi connectivity index (χ0v) is 12.3. The Morgan fingerprint density at radius 1 is 1.32 bits per heavy atom. The number of nitrogens with one attached hydrogen (secondary N) is 1. The molecule has 0 bridgehead atoms. The Morgan fingerprint density at radius 2 is 1.95 bits per heavy atom. The predicted molar refractivity (Wildman–Crippen MR) is 72.2 cm³/mol. The van der Waals surface area contributed by atoms with Crippen molar-refractivity contribution >= 4 is 11.7 Å². The number of ketones is 1. The second kappa shape index (κ2) is 7.15. The van der Waals surface area contributed by atoms with E-state index in [2.05, 4.69) is 0 Å². The third-order valence-electron chi connectivity index (χ3n) is 2.70. The molecule has 0 spiro atoms. The van der Waals surface area contributed by atoms with Crippen molar-refractivity contribution in [2.75, 3.05) is 13.7 Å². The highest BCUT2D eigenvalue weighted by molar-refractivity contribution is 5.97. The van der Waals surface area contributed by atoms with E-state index >= 15 is 0 Å². The van der Waals surface area contributed by atoms with Crippen LogP contribution in [0, 0.1) is 0 Å². The molecule has 0 aliphatic carbocycles. The number of halogens is 3. The summed E-state index contributed by atoms with van der Waals surface area (Å²) in [5.41, 5.74) is 0.205. The van der Waals surface area contributed by atoms with Crippen molar-refractivity contribution in [3.05, 3.63) is 23.8 Å². The fourth-order valence-corrected chi connectivity index (χ4v) is 1.59. The van der Waals surface area contributed by atoms with E-state index in [4.69, 9.17) is 9.47 Å². The minimum atomic E-state index is -4.50. The lowest BCUT2D eigenvalue weighted by atomic mass is 10.1. The standard InChI is InChI=1S/C14H16F3NO4/c1-8(19)11-5-4-10(21-3)6-12(11)22-9(2)13(20)18-7-14(15,16)17/h4-6,9H,7H2,1-3H3,(H,18,20)/t9-/m1/s1. The topological polar surface area (TPSA) is 64.6 Å². The van der Waals surface area contributed by atoms with Crippen molar-refractivity contribution in [3.63, 3.8) is 0 Å². The number of rotatable bonds is 6. The summed E-state index contributed by atoms with van der Waals surface area (Å²) < 4.78 is 46.5. The van der Waals surface area contributed by atoms with Gasteiger partial charge in [0.25, 0.3) is 5.91 Å². The first-order valence-electron chi connectivity index (χ1n) is 6.34. The molecule has 0 fully saturated rings. The monoisotopic (exact) mass is 319 g/mol. The summed E-state index contributed by atoms with van der Waals surface area (Å²) in [6, 6.07) is 4.39. The van der Waals surface area contributed by atoms with Gasteiger partial charge in [0.15, 0.2) is 11.9 Å². The summed E-state index contributed by atoms with van der Waals surface area (Å²) in [6.07, 6.45) is -5.71. The number of hydrogen-bond donors (Lipinski definition) is 1. The summed E-state index contributed by atoms with van der Waals surface area (Å²) in [6.45, 7) is 1.15. The van der Waals surface area contributed by atoms with Crippen molar-refractivity contribution in [2.24, 2.45) is 0 Å². The van der Waals surface area contributed by atoms with E-state index in [0.717, 1.165) is 0 Å². The summed E-state index contributed by atoms with van der Waals surface area (Å²) in [5, 5.41) is 1.71. The van der Waals surface area contributed by atoms with Crippen molar-refractivity contribution in [1.82, 2.24) is 5.32 Å². The van der Waals surface area contributed by atoms with Gasteiger partial charge in [-0.2, -0.15) is 13.2 Å². The van der Waals surface area contributed by atoms with Gasteiger partial charge in [-0.25, -0.2) is 0 Å². The van der Waals surface area contributed by atoms with Crippen molar-refractivity contribution < 1.29 is 32.2 Å². The van der Waals surface area contributed by atoms with Gasteiger partial charge in [-0.1, -0.05) is 0 Å². The molecule has 1 atom stereocenters. The van der Waals surface area contributed by atoms with E-state index < -0.39 is 24.7 Å². The average Bonchev–Trinajstić information content (AvgIpc) is 2.43. The molecule has 0 aliphatic rings. The Morgan fingerprint density at radius 3 is 2.45 bits per heavy atom. The number of alkyl halides is 3. The van der Waals surface area contributed by atoms with Gasteiger partial charge in [0, 0.05) is 6.07 Å². The maximum Gasteiger partial charge on any atom is 0.405 e. The molecule has 1 aromatic carbocycles. The third kappa shape index (κ3) is 5.27. The molecule has 1 aromatic rings. The Balaban J connectivity index is 2.84. The maximum atomic E-state index is 12.1. The van der Waals surface area contributed by atoms with Crippen LogP contribution in [0.2, 0.25) is 0 Å². The number of ether oxygens (including phenoxy) is 2. The zero-order valence-electron chi connectivity index (χ0n) is 12.3. The van der Waals surface area contributed by atoms with Crippen LogP contribution in [0.5, 0.6) is 11.5 Å². The minimum Gasteiger partial charge on any atom is -0.497 e. The highest BCUT2D eigenvalue weighted by Crippen LogP contribution is 2.26. The van der Waals surface area contributed by atoms with Crippen LogP contribution >= 0.6 is 0 Å². The van der Waals surface area contributed by atoms with Crippen LogP contribution in [0.1, 0.15) is 24.2 Å². The van der Waals surface area contributed by atoms with E-state index in [9.17, 15) is 22.8 Å². The van der Waals surface area contributed by atoms with E-state index in [0.29, 0.717) is 5.75 Å². The SMILES string of the molecule is COc1ccc(C(C)=O)c(O[C@H](C)C(=O)NCC(F)(F)F)c1. The fraction of sp³-hybridized carbons (Fsp3) is 0.429. The molecule has 1 rings (SSSR count). The Hall–Kier alpha value is -2.25. The van der Waals surface area contributed by atoms with Crippen molar-refractivity contribution in [3.8, 4) is 11.5 Å². The largest absolute Gasteiger partial charge is 0.497 e. The molecule has 0 saturated heterocycles. The number of Topliss-reactive ketones (excluding diaryl/α,β-unsaturated/α-hetero) is 1. The molecular weight excluding hydrogens is 303 g/mol.